The second-order valence-electron chi connectivity index (χ2n) is 8.94. The summed E-state index contributed by atoms with van der Waals surface area (Å²) in [5.41, 5.74) is 5.52. The number of piperidine rings is 1. The number of ketones is 1. The topological polar surface area (TPSA) is 72.1 Å². The van der Waals surface area contributed by atoms with Crippen molar-refractivity contribution in [3.63, 3.8) is 0 Å². The fourth-order valence-electron chi connectivity index (χ4n) is 4.55. The van der Waals surface area contributed by atoms with Gasteiger partial charge in [-0.3, -0.25) is 4.79 Å². The third kappa shape index (κ3) is 4.35. The van der Waals surface area contributed by atoms with Gasteiger partial charge in [-0.15, -0.1) is 21.5 Å². The van der Waals surface area contributed by atoms with Crippen LogP contribution in [0.1, 0.15) is 45.9 Å². The quantitative estimate of drug-likeness (QED) is 0.276. The van der Waals surface area contributed by atoms with E-state index in [-0.39, 0.29) is 17.6 Å². The van der Waals surface area contributed by atoms with Crippen LogP contribution in [0.25, 0.3) is 21.3 Å². The van der Waals surface area contributed by atoms with Gasteiger partial charge in [0.25, 0.3) is 11.7 Å². The van der Waals surface area contributed by atoms with Gasteiger partial charge in [0.1, 0.15) is 0 Å². The molecule has 0 bridgehead atoms. The summed E-state index contributed by atoms with van der Waals surface area (Å²) in [6.45, 7) is 3.93. The van der Waals surface area contributed by atoms with Gasteiger partial charge in [-0.05, 0) is 55.2 Å². The molecular formula is C28H24N4O2S. The number of anilines is 1. The van der Waals surface area contributed by atoms with E-state index in [1.54, 1.807) is 0 Å². The molecule has 6 rings (SSSR count). The van der Waals surface area contributed by atoms with Gasteiger partial charge in [-0.2, -0.15) is 0 Å². The highest BCUT2D eigenvalue weighted by molar-refractivity contribution is 7.20. The van der Waals surface area contributed by atoms with Crippen molar-refractivity contribution in [1.29, 1.82) is 0 Å². The van der Waals surface area contributed by atoms with Gasteiger partial charge in [0.2, 0.25) is 5.89 Å². The van der Waals surface area contributed by atoms with Crippen molar-refractivity contribution in [2.75, 3.05) is 18.0 Å². The van der Waals surface area contributed by atoms with Crippen molar-refractivity contribution in [1.82, 2.24) is 15.2 Å². The van der Waals surface area contributed by atoms with E-state index in [1.165, 1.54) is 22.6 Å². The van der Waals surface area contributed by atoms with Crippen molar-refractivity contribution < 1.29 is 9.21 Å². The lowest BCUT2D eigenvalue weighted by Gasteiger charge is -2.32. The van der Waals surface area contributed by atoms with Gasteiger partial charge in [0.15, 0.2) is 5.01 Å². The smallest absolute Gasteiger partial charge is 0.291 e. The molecule has 3 aromatic carbocycles. The first-order valence-corrected chi connectivity index (χ1v) is 12.6. The molecule has 0 amide bonds. The maximum Gasteiger partial charge on any atom is 0.291 e. The lowest BCUT2D eigenvalue weighted by molar-refractivity contribution is 0.1000. The van der Waals surface area contributed by atoms with E-state index in [0.717, 1.165) is 47.3 Å². The molecule has 0 radical (unpaired) electrons. The van der Waals surface area contributed by atoms with Crippen molar-refractivity contribution in [3.05, 3.63) is 95.1 Å². The van der Waals surface area contributed by atoms with Gasteiger partial charge in [0, 0.05) is 24.7 Å². The number of carbonyl (C=O) groups is 1. The minimum absolute atomic E-state index is 0.0169. The number of aryl methyl sites for hydroxylation is 1. The van der Waals surface area contributed by atoms with E-state index in [4.69, 9.17) is 4.42 Å². The van der Waals surface area contributed by atoms with E-state index in [9.17, 15) is 4.79 Å². The third-order valence-electron chi connectivity index (χ3n) is 6.57. The summed E-state index contributed by atoms with van der Waals surface area (Å²) in [6.07, 6.45) is 1.82. The SMILES string of the molecule is Cc1ccc(N2CCC(c3nnc(C(=O)c4nc5ccc(-c6ccccc6)cc5s4)o3)CC2)cc1. The van der Waals surface area contributed by atoms with Crippen LogP contribution in [0, 0.1) is 6.92 Å². The Morgan fingerprint density at radius 3 is 2.49 bits per heavy atom. The number of hydrogen-bond donors (Lipinski definition) is 0. The average Bonchev–Trinajstić information content (AvgIpc) is 3.57. The Labute approximate surface area is 207 Å². The fourth-order valence-corrected chi connectivity index (χ4v) is 5.49. The molecular weight excluding hydrogens is 456 g/mol. The highest BCUT2D eigenvalue weighted by Gasteiger charge is 2.28. The number of nitrogens with zero attached hydrogens (tertiary/aromatic N) is 4. The molecule has 0 N–H and O–H groups in total. The molecule has 0 atom stereocenters. The number of thiazole rings is 1. The second-order valence-corrected chi connectivity index (χ2v) is 9.97. The molecule has 1 aliphatic heterocycles. The Hall–Kier alpha value is -3.84. The van der Waals surface area contributed by atoms with E-state index in [0.29, 0.717) is 10.9 Å². The molecule has 2 aromatic heterocycles. The van der Waals surface area contributed by atoms with Crippen molar-refractivity contribution in [2.24, 2.45) is 0 Å². The predicted molar refractivity (Wildman–Crippen MR) is 138 cm³/mol. The van der Waals surface area contributed by atoms with Crippen LogP contribution in [0.4, 0.5) is 5.69 Å². The Kier molecular flexibility index (Phi) is 5.62. The van der Waals surface area contributed by atoms with Crippen molar-refractivity contribution in [3.8, 4) is 11.1 Å². The number of carbonyl (C=O) groups excluding carboxylic acids is 1. The zero-order valence-corrected chi connectivity index (χ0v) is 20.2. The molecule has 0 aliphatic carbocycles. The molecule has 7 heteroatoms. The Morgan fingerprint density at radius 2 is 1.71 bits per heavy atom. The summed E-state index contributed by atoms with van der Waals surface area (Å²) < 4.78 is 6.82. The minimum atomic E-state index is -0.316. The number of fused-ring (bicyclic) bond motifs is 1. The van der Waals surface area contributed by atoms with Gasteiger partial charge in [-0.1, -0.05) is 54.1 Å². The number of aromatic nitrogens is 3. The van der Waals surface area contributed by atoms with Crippen LogP contribution < -0.4 is 4.90 Å². The second kappa shape index (κ2) is 9.07. The first-order valence-electron chi connectivity index (χ1n) is 11.8. The normalized spacial score (nSPS) is 14.5. The van der Waals surface area contributed by atoms with Crippen LogP contribution in [-0.4, -0.2) is 34.1 Å². The number of hydrogen-bond acceptors (Lipinski definition) is 7. The van der Waals surface area contributed by atoms with Crippen molar-refractivity contribution >= 4 is 33.0 Å². The maximum atomic E-state index is 13.1. The summed E-state index contributed by atoms with van der Waals surface area (Å²) in [5.74, 6) is 0.408. The van der Waals surface area contributed by atoms with E-state index in [1.807, 2.05) is 30.3 Å². The fraction of sp³-hybridized carbons (Fsp3) is 0.214. The minimum Gasteiger partial charge on any atom is -0.418 e. The standard InChI is InChI=1S/C28H24N4O2S/c1-18-7-10-22(11-8-18)32-15-13-20(14-16-32)26-30-31-27(34-26)25(33)28-29-23-12-9-21(17-24(23)35-28)19-5-3-2-4-6-19/h2-12,17,20H,13-16H2,1H3. The lowest BCUT2D eigenvalue weighted by atomic mass is 9.96. The summed E-state index contributed by atoms with van der Waals surface area (Å²) in [5, 5.41) is 8.67. The van der Waals surface area contributed by atoms with Crippen LogP contribution in [0.5, 0.6) is 0 Å². The Balaban J connectivity index is 1.16. The Bertz CT molecular complexity index is 1480. The Morgan fingerprint density at radius 1 is 0.943 bits per heavy atom. The summed E-state index contributed by atoms with van der Waals surface area (Å²) in [4.78, 5) is 20.0. The van der Waals surface area contributed by atoms with Gasteiger partial charge in [0.05, 0.1) is 10.2 Å². The van der Waals surface area contributed by atoms with E-state index < -0.39 is 0 Å². The highest BCUT2D eigenvalue weighted by atomic mass is 32.1. The van der Waals surface area contributed by atoms with Crippen LogP contribution in [0.2, 0.25) is 0 Å². The zero-order valence-electron chi connectivity index (χ0n) is 19.3. The molecule has 6 nitrogen and oxygen atoms in total. The number of rotatable bonds is 5. The first kappa shape index (κ1) is 21.7. The molecule has 1 saturated heterocycles. The van der Waals surface area contributed by atoms with Gasteiger partial charge >= 0.3 is 0 Å². The highest BCUT2D eigenvalue weighted by Crippen LogP contribution is 2.32. The molecule has 1 fully saturated rings. The molecule has 5 aromatic rings. The van der Waals surface area contributed by atoms with Crippen molar-refractivity contribution in [2.45, 2.75) is 25.7 Å². The van der Waals surface area contributed by atoms with Gasteiger partial charge < -0.3 is 9.32 Å². The first-order chi connectivity index (χ1) is 17.1. The van der Waals surface area contributed by atoms with Crippen LogP contribution in [-0.2, 0) is 0 Å². The molecule has 0 unspecified atom stereocenters. The number of benzene rings is 3. The molecule has 1 aliphatic rings. The summed E-state index contributed by atoms with van der Waals surface area (Å²) in [6, 6.07) is 24.8. The summed E-state index contributed by atoms with van der Waals surface area (Å²) in [7, 11) is 0. The molecule has 0 spiro atoms. The molecule has 35 heavy (non-hydrogen) atoms. The van der Waals surface area contributed by atoms with Gasteiger partial charge in [-0.25, -0.2) is 4.98 Å². The average molecular weight is 481 g/mol. The van der Waals surface area contributed by atoms with Crippen LogP contribution >= 0.6 is 11.3 Å². The molecule has 0 saturated carbocycles. The zero-order chi connectivity index (χ0) is 23.8. The molecule has 3 heterocycles. The van der Waals surface area contributed by atoms with E-state index >= 15 is 0 Å². The molecule has 174 valence electrons. The maximum absolute atomic E-state index is 13.1. The third-order valence-corrected chi connectivity index (χ3v) is 7.58. The van der Waals surface area contributed by atoms with Crippen LogP contribution in [0.3, 0.4) is 0 Å². The van der Waals surface area contributed by atoms with E-state index in [2.05, 4.69) is 69.5 Å². The lowest BCUT2D eigenvalue weighted by Crippen LogP contribution is -2.32. The summed E-state index contributed by atoms with van der Waals surface area (Å²) >= 11 is 1.36. The largest absolute Gasteiger partial charge is 0.418 e. The predicted octanol–water partition coefficient (Wildman–Crippen LogP) is 6.27. The monoisotopic (exact) mass is 480 g/mol. The van der Waals surface area contributed by atoms with Crippen LogP contribution in [0.15, 0.2) is 77.2 Å².